The second kappa shape index (κ2) is 4.59. The number of ether oxygens (including phenoxy) is 1. The van der Waals surface area contributed by atoms with Crippen LogP contribution in [0.25, 0.3) is 10.9 Å². The Bertz CT molecular complexity index is 585. The van der Waals surface area contributed by atoms with Crippen LogP contribution in [-0.4, -0.2) is 18.6 Å². The number of benzene rings is 1. The Balaban J connectivity index is 2.17. The highest BCUT2D eigenvalue weighted by molar-refractivity contribution is 9.10. The second-order valence-electron chi connectivity index (χ2n) is 4.87. The van der Waals surface area contributed by atoms with Gasteiger partial charge >= 0.3 is 0 Å². The number of aryl methyl sites for hydroxylation is 1. The summed E-state index contributed by atoms with van der Waals surface area (Å²) in [5, 5.41) is 4.73. The quantitative estimate of drug-likeness (QED) is 0.888. The minimum Gasteiger partial charge on any atom is -0.497 e. The Kier molecular flexibility index (Phi) is 3.08. The predicted molar refractivity (Wildman–Crippen MR) is 77.3 cm³/mol. The summed E-state index contributed by atoms with van der Waals surface area (Å²) in [6, 6.07) is 4.59. The number of methoxy groups -OCH3 is 1. The zero-order chi connectivity index (χ0) is 12.7. The van der Waals surface area contributed by atoms with Gasteiger partial charge in [0.05, 0.1) is 12.6 Å². The highest BCUT2D eigenvalue weighted by atomic mass is 79.9. The minimum absolute atomic E-state index is 0.442. The van der Waals surface area contributed by atoms with Crippen LogP contribution in [0.1, 0.15) is 30.1 Å². The van der Waals surface area contributed by atoms with E-state index in [0.717, 1.165) is 12.3 Å². The lowest BCUT2D eigenvalue weighted by Gasteiger charge is -2.08. The molecule has 96 valence electrons. The molecule has 4 heteroatoms. The smallest absolute Gasteiger partial charge is 0.119 e. The van der Waals surface area contributed by atoms with Crippen LogP contribution in [0.2, 0.25) is 0 Å². The molecule has 2 heterocycles. The number of hydrogen-bond acceptors (Lipinski definition) is 2. The molecule has 3 rings (SSSR count). The zero-order valence-electron chi connectivity index (χ0n) is 10.6. The van der Waals surface area contributed by atoms with Gasteiger partial charge < -0.3 is 15.0 Å². The summed E-state index contributed by atoms with van der Waals surface area (Å²) in [7, 11) is 1.71. The van der Waals surface area contributed by atoms with Gasteiger partial charge in [-0.2, -0.15) is 0 Å². The number of halogens is 1. The van der Waals surface area contributed by atoms with E-state index in [1.165, 1.54) is 39.5 Å². The normalized spacial score (nSPS) is 19.6. The van der Waals surface area contributed by atoms with Gasteiger partial charge in [-0.15, -0.1) is 0 Å². The van der Waals surface area contributed by atoms with E-state index >= 15 is 0 Å². The van der Waals surface area contributed by atoms with Crippen molar-refractivity contribution in [3.63, 3.8) is 0 Å². The van der Waals surface area contributed by atoms with E-state index in [1.54, 1.807) is 7.11 Å². The first kappa shape index (κ1) is 12.1. The van der Waals surface area contributed by atoms with E-state index in [9.17, 15) is 0 Å². The molecule has 0 radical (unpaired) electrons. The van der Waals surface area contributed by atoms with Crippen LogP contribution in [0.3, 0.4) is 0 Å². The van der Waals surface area contributed by atoms with Crippen LogP contribution in [0.5, 0.6) is 5.75 Å². The Morgan fingerprint density at radius 3 is 2.89 bits per heavy atom. The molecular weight excluding hydrogens is 292 g/mol. The van der Waals surface area contributed by atoms with E-state index in [1.807, 2.05) is 0 Å². The standard InChI is InChI=1S/C14H17BrN2O/c1-8-6-9(18-2)7-10-12(15)14(17-13(8)10)11-4-3-5-16-11/h6-7,11,16-17H,3-5H2,1-2H3. The first-order valence-corrected chi connectivity index (χ1v) is 7.09. The third kappa shape index (κ3) is 1.84. The summed E-state index contributed by atoms with van der Waals surface area (Å²) in [6.07, 6.45) is 2.44. The Labute approximate surface area is 115 Å². The largest absolute Gasteiger partial charge is 0.497 e. The first-order valence-electron chi connectivity index (χ1n) is 6.30. The molecule has 0 aliphatic carbocycles. The SMILES string of the molecule is COc1cc(C)c2[nH]c(C3CCCN3)c(Br)c2c1. The average Bonchev–Trinajstić information content (AvgIpc) is 2.98. The van der Waals surface area contributed by atoms with Crippen molar-refractivity contribution in [1.29, 1.82) is 0 Å². The summed E-state index contributed by atoms with van der Waals surface area (Å²) >= 11 is 3.73. The molecule has 2 aromatic rings. The highest BCUT2D eigenvalue weighted by Gasteiger charge is 2.22. The molecule has 2 N–H and O–H groups in total. The second-order valence-corrected chi connectivity index (χ2v) is 5.66. The number of hydrogen-bond donors (Lipinski definition) is 2. The molecular formula is C14H17BrN2O. The van der Waals surface area contributed by atoms with E-state index in [0.29, 0.717) is 6.04 Å². The zero-order valence-corrected chi connectivity index (χ0v) is 12.2. The summed E-state index contributed by atoms with van der Waals surface area (Å²) in [6.45, 7) is 3.22. The van der Waals surface area contributed by atoms with Gasteiger partial charge in [0.15, 0.2) is 0 Å². The van der Waals surface area contributed by atoms with Gasteiger partial charge in [0.1, 0.15) is 5.75 Å². The van der Waals surface area contributed by atoms with Crippen molar-refractivity contribution in [3.8, 4) is 5.75 Å². The van der Waals surface area contributed by atoms with Crippen molar-refractivity contribution < 1.29 is 4.74 Å². The van der Waals surface area contributed by atoms with Crippen molar-refractivity contribution in [2.24, 2.45) is 0 Å². The lowest BCUT2D eigenvalue weighted by molar-refractivity contribution is 0.415. The Morgan fingerprint density at radius 1 is 1.39 bits per heavy atom. The van der Waals surface area contributed by atoms with Crippen LogP contribution in [0.4, 0.5) is 0 Å². The molecule has 1 unspecified atom stereocenters. The lowest BCUT2D eigenvalue weighted by Crippen LogP contribution is -2.13. The molecule has 1 atom stereocenters. The Hall–Kier alpha value is -1.00. The third-order valence-corrected chi connectivity index (χ3v) is 4.54. The summed E-state index contributed by atoms with van der Waals surface area (Å²) in [4.78, 5) is 3.56. The molecule has 0 saturated carbocycles. The number of nitrogens with one attached hydrogen (secondary N) is 2. The van der Waals surface area contributed by atoms with Crippen LogP contribution < -0.4 is 10.1 Å². The minimum atomic E-state index is 0.442. The topological polar surface area (TPSA) is 37.0 Å². The summed E-state index contributed by atoms with van der Waals surface area (Å²) in [5.74, 6) is 0.908. The fraction of sp³-hybridized carbons (Fsp3) is 0.429. The molecule has 3 nitrogen and oxygen atoms in total. The molecule has 1 fully saturated rings. The monoisotopic (exact) mass is 308 g/mol. The van der Waals surface area contributed by atoms with Crippen LogP contribution in [0, 0.1) is 6.92 Å². The van der Waals surface area contributed by atoms with Gasteiger partial charge in [-0.1, -0.05) is 0 Å². The average molecular weight is 309 g/mol. The van der Waals surface area contributed by atoms with Gasteiger partial charge in [-0.05, 0) is 59.9 Å². The van der Waals surface area contributed by atoms with E-state index in [4.69, 9.17) is 4.74 Å². The summed E-state index contributed by atoms with van der Waals surface area (Å²) < 4.78 is 6.51. The van der Waals surface area contributed by atoms with Crippen LogP contribution >= 0.6 is 15.9 Å². The number of aromatic amines is 1. The number of fused-ring (bicyclic) bond motifs is 1. The van der Waals surface area contributed by atoms with E-state index in [2.05, 4.69) is 45.3 Å². The van der Waals surface area contributed by atoms with Gasteiger partial charge in [-0.25, -0.2) is 0 Å². The maximum absolute atomic E-state index is 5.34. The van der Waals surface area contributed by atoms with Crippen molar-refractivity contribution in [2.45, 2.75) is 25.8 Å². The highest BCUT2D eigenvalue weighted by Crippen LogP contribution is 2.37. The molecule has 1 aromatic heterocycles. The molecule has 18 heavy (non-hydrogen) atoms. The fourth-order valence-electron chi connectivity index (χ4n) is 2.72. The first-order chi connectivity index (χ1) is 8.70. The number of H-pyrrole nitrogens is 1. The molecule has 1 aliphatic heterocycles. The van der Waals surface area contributed by atoms with Gasteiger partial charge in [0, 0.05) is 21.6 Å². The number of rotatable bonds is 2. The van der Waals surface area contributed by atoms with Gasteiger partial charge in [0.25, 0.3) is 0 Å². The van der Waals surface area contributed by atoms with Crippen molar-refractivity contribution >= 4 is 26.8 Å². The van der Waals surface area contributed by atoms with Crippen molar-refractivity contribution in [2.75, 3.05) is 13.7 Å². The van der Waals surface area contributed by atoms with E-state index in [-0.39, 0.29) is 0 Å². The number of aromatic nitrogens is 1. The van der Waals surface area contributed by atoms with Crippen molar-refractivity contribution in [3.05, 3.63) is 27.9 Å². The van der Waals surface area contributed by atoms with Crippen LogP contribution in [-0.2, 0) is 0 Å². The third-order valence-electron chi connectivity index (χ3n) is 3.69. The van der Waals surface area contributed by atoms with Crippen LogP contribution in [0.15, 0.2) is 16.6 Å². The fourth-order valence-corrected chi connectivity index (χ4v) is 3.40. The molecule has 0 spiro atoms. The summed E-state index contributed by atoms with van der Waals surface area (Å²) in [5.41, 5.74) is 3.68. The predicted octanol–water partition coefficient (Wildman–Crippen LogP) is 3.67. The molecule has 1 saturated heterocycles. The lowest BCUT2D eigenvalue weighted by atomic mass is 10.1. The van der Waals surface area contributed by atoms with E-state index < -0.39 is 0 Å². The van der Waals surface area contributed by atoms with Gasteiger partial charge in [0.2, 0.25) is 0 Å². The maximum Gasteiger partial charge on any atom is 0.119 e. The molecule has 1 aliphatic rings. The van der Waals surface area contributed by atoms with Gasteiger partial charge in [-0.3, -0.25) is 0 Å². The molecule has 0 amide bonds. The molecule has 1 aromatic carbocycles. The Morgan fingerprint density at radius 2 is 2.22 bits per heavy atom. The van der Waals surface area contributed by atoms with Crippen molar-refractivity contribution in [1.82, 2.24) is 10.3 Å². The molecule has 0 bridgehead atoms. The maximum atomic E-state index is 5.34.